The number of aliphatic imine (C=N–C) groups is 1. The Morgan fingerprint density at radius 2 is 1.88 bits per heavy atom. The lowest BCUT2D eigenvalue weighted by Gasteiger charge is -2.32. The summed E-state index contributed by atoms with van der Waals surface area (Å²) in [5, 5.41) is 2.53. The van der Waals surface area contributed by atoms with E-state index in [-0.39, 0.29) is 38.2 Å². The first-order chi connectivity index (χ1) is 19.4. The predicted octanol–water partition coefficient (Wildman–Crippen LogP) is 4.76. The second-order valence-electron chi connectivity index (χ2n) is 8.86. The zero-order valence-corrected chi connectivity index (χ0v) is 22.7. The van der Waals surface area contributed by atoms with Gasteiger partial charge in [-0.2, -0.15) is 0 Å². The van der Waals surface area contributed by atoms with Crippen LogP contribution in [-0.4, -0.2) is 53.6 Å². The second-order valence-corrected chi connectivity index (χ2v) is 10.0. The van der Waals surface area contributed by atoms with E-state index >= 15 is 0 Å². The lowest BCUT2D eigenvalue weighted by atomic mass is 10.1. The number of esters is 1. The van der Waals surface area contributed by atoms with E-state index in [0.29, 0.717) is 39.4 Å². The van der Waals surface area contributed by atoms with Crippen LogP contribution in [0.4, 0.5) is 11.4 Å². The highest BCUT2D eigenvalue weighted by molar-refractivity contribution is 8.15. The zero-order valence-electron chi connectivity index (χ0n) is 21.9. The van der Waals surface area contributed by atoms with Crippen molar-refractivity contribution in [2.75, 3.05) is 25.8 Å². The molecule has 2 aliphatic heterocycles. The molecule has 206 valence electrons. The average Bonchev–Trinajstić information content (AvgIpc) is 3.43. The lowest BCUT2D eigenvalue weighted by Crippen LogP contribution is -2.44. The van der Waals surface area contributed by atoms with Crippen LogP contribution in [0.5, 0.6) is 17.2 Å². The number of methoxy groups -OCH3 is 1. The molecular formula is C29H27N3O7S. The fourth-order valence-corrected chi connectivity index (χ4v) is 5.24. The van der Waals surface area contributed by atoms with E-state index in [2.05, 4.69) is 5.32 Å². The Balaban J connectivity index is 1.40. The first-order valence-corrected chi connectivity index (χ1v) is 13.5. The van der Waals surface area contributed by atoms with Crippen molar-refractivity contribution in [3.8, 4) is 17.2 Å². The average molecular weight is 562 g/mol. The summed E-state index contributed by atoms with van der Waals surface area (Å²) in [5.41, 5.74) is 2.30. The highest BCUT2D eigenvalue weighted by Gasteiger charge is 2.36. The van der Waals surface area contributed by atoms with Gasteiger partial charge in [0.15, 0.2) is 16.7 Å². The normalized spacial score (nSPS) is 17.1. The van der Waals surface area contributed by atoms with Gasteiger partial charge in [-0.25, -0.2) is 9.79 Å². The van der Waals surface area contributed by atoms with Gasteiger partial charge in [0.2, 0.25) is 18.6 Å². The predicted molar refractivity (Wildman–Crippen MR) is 150 cm³/mol. The van der Waals surface area contributed by atoms with Crippen molar-refractivity contribution in [2.45, 2.75) is 25.1 Å². The molecule has 11 heteroatoms. The van der Waals surface area contributed by atoms with E-state index < -0.39 is 11.2 Å². The van der Waals surface area contributed by atoms with Gasteiger partial charge < -0.3 is 24.3 Å². The third kappa shape index (κ3) is 6.20. The molecule has 2 aliphatic rings. The fourth-order valence-electron chi connectivity index (χ4n) is 4.14. The Morgan fingerprint density at radius 3 is 2.65 bits per heavy atom. The number of fused-ring (bicyclic) bond motifs is 1. The van der Waals surface area contributed by atoms with E-state index in [1.54, 1.807) is 73.5 Å². The van der Waals surface area contributed by atoms with E-state index in [1.165, 1.54) is 11.8 Å². The van der Waals surface area contributed by atoms with Gasteiger partial charge in [-0.1, -0.05) is 23.9 Å². The number of ether oxygens (including phenoxy) is 4. The first-order valence-electron chi connectivity index (χ1n) is 12.6. The van der Waals surface area contributed by atoms with Crippen molar-refractivity contribution >= 4 is 46.1 Å². The van der Waals surface area contributed by atoms with E-state index in [0.717, 1.165) is 5.56 Å². The smallest absolute Gasteiger partial charge is 0.338 e. The summed E-state index contributed by atoms with van der Waals surface area (Å²) in [7, 11) is 1.55. The summed E-state index contributed by atoms with van der Waals surface area (Å²) < 4.78 is 21.2. The van der Waals surface area contributed by atoms with Crippen molar-refractivity contribution in [1.29, 1.82) is 0 Å². The van der Waals surface area contributed by atoms with Crippen LogP contribution >= 0.6 is 11.8 Å². The highest BCUT2D eigenvalue weighted by Crippen LogP contribution is 2.35. The molecule has 5 rings (SSSR count). The van der Waals surface area contributed by atoms with Crippen molar-refractivity contribution in [3.05, 3.63) is 77.9 Å². The van der Waals surface area contributed by atoms with Crippen LogP contribution < -0.4 is 19.5 Å². The minimum atomic E-state index is -0.704. The molecule has 2 heterocycles. The third-order valence-electron chi connectivity index (χ3n) is 6.15. The minimum absolute atomic E-state index is 0.00810. The number of nitrogens with one attached hydrogen (secondary N) is 1. The number of benzene rings is 3. The van der Waals surface area contributed by atoms with Gasteiger partial charge in [0.25, 0.3) is 0 Å². The molecule has 2 amide bonds. The molecule has 1 unspecified atom stereocenters. The number of rotatable bonds is 8. The number of thioether (sulfide) groups is 1. The van der Waals surface area contributed by atoms with Crippen LogP contribution in [0, 0.1) is 0 Å². The molecule has 40 heavy (non-hydrogen) atoms. The van der Waals surface area contributed by atoms with Gasteiger partial charge in [0.05, 0.1) is 31.5 Å². The number of hydrogen-bond acceptors (Lipinski definition) is 9. The number of carbonyl (C=O) groups excluding carboxylic acids is 3. The van der Waals surface area contributed by atoms with Gasteiger partial charge in [-0.3, -0.25) is 14.5 Å². The van der Waals surface area contributed by atoms with Gasteiger partial charge in [-0.15, -0.1) is 0 Å². The van der Waals surface area contributed by atoms with Crippen molar-refractivity contribution < 1.29 is 33.3 Å². The Kier molecular flexibility index (Phi) is 8.20. The quantitative estimate of drug-likeness (QED) is 0.392. The van der Waals surface area contributed by atoms with Crippen LogP contribution in [0.15, 0.2) is 71.7 Å². The zero-order chi connectivity index (χ0) is 28.1. The molecule has 3 aromatic rings. The Labute approximate surface area is 235 Å². The lowest BCUT2D eigenvalue weighted by molar-refractivity contribution is -0.129. The van der Waals surface area contributed by atoms with E-state index in [4.69, 9.17) is 23.9 Å². The second kappa shape index (κ2) is 12.1. The van der Waals surface area contributed by atoms with Gasteiger partial charge in [0.1, 0.15) is 11.0 Å². The highest BCUT2D eigenvalue weighted by atomic mass is 32.2. The molecule has 0 aliphatic carbocycles. The number of carbonyl (C=O) groups is 3. The topological polar surface area (TPSA) is 116 Å². The largest absolute Gasteiger partial charge is 0.497 e. The summed E-state index contributed by atoms with van der Waals surface area (Å²) in [6.07, 6.45) is -0.00810. The van der Waals surface area contributed by atoms with Crippen molar-refractivity contribution in [3.63, 3.8) is 0 Å². The molecule has 0 spiro atoms. The van der Waals surface area contributed by atoms with Crippen molar-refractivity contribution in [2.24, 2.45) is 4.99 Å². The van der Waals surface area contributed by atoms with Crippen LogP contribution in [-0.2, 0) is 20.9 Å². The van der Waals surface area contributed by atoms with E-state index in [1.807, 2.05) is 12.1 Å². The molecular weight excluding hydrogens is 534 g/mol. The first kappa shape index (κ1) is 27.1. The molecule has 0 aromatic heterocycles. The van der Waals surface area contributed by atoms with Crippen molar-refractivity contribution in [1.82, 2.24) is 4.90 Å². The standard InChI is InChI=1S/C29H27N3O7S/c1-3-37-28(35)19-8-10-20(11-9-19)31-29-32(16-18-7-12-23-24(13-18)39-17-38-23)26(33)15-25(40-29)27(34)30-21-5-4-6-22(14-21)36-2/h4-14,25H,3,15-17H2,1-2H3,(H,30,34). The maximum atomic E-state index is 13.4. The number of anilines is 1. The van der Waals surface area contributed by atoms with Crippen LogP contribution in [0.2, 0.25) is 0 Å². The number of hydrogen-bond donors (Lipinski definition) is 1. The molecule has 0 bridgehead atoms. The molecule has 3 aromatic carbocycles. The molecule has 1 atom stereocenters. The van der Waals surface area contributed by atoms with Crippen LogP contribution in [0.3, 0.4) is 0 Å². The molecule has 10 nitrogen and oxygen atoms in total. The number of nitrogens with zero attached hydrogens (tertiary/aromatic N) is 2. The minimum Gasteiger partial charge on any atom is -0.497 e. The molecule has 0 saturated carbocycles. The molecule has 1 fully saturated rings. The summed E-state index contributed by atoms with van der Waals surface area (Å²) >= 11 is 1.20. The Bertz CT molecular complexity index is 1460. The SMILES string of the molecule is CCOC(=O)c1ccc(N=C2SC(C(=O)Nc3cccc(OC)c3)CC(=O)N2Cc2ccc3c(c2)OCO3)cc1. The van der Waals surface area contributed by atoms with Crippen LogP contribution in [0.25, 0.3) is 0 Å². The Morgan fingerprint density at radius 1 is 1.07 bits per heavy atom. The van der Waals surface area contributed by atoms with Crippen LogP contribution in [0.1, 0.15) is 29.3 Å². The molecule has 0 radical (unpaired) electrons. The fraction of sp³-hybridized carbons (Fsp3) is 0.241. The number of amidine groups is 1. The molecule has 1 N–H and O–H groups in total. The van der Waals surface area contributed by atoms with E-state index in [9.17, 15) is 14.4 Å². The summed E-state index contributed by atoms with van der Waals surface area (Å²) in [5.74, 6) is 0.867. The monoisotopic (exact) mass is 561 g/mol. The maximum absolute atomic E-state index is 13.4. The summed E-state index contributed by atoms with van der Waals surface area (Å²) in [4.78, 5) is 44.9. The summed E-state index contributed by atoms with van der Waals surface area (Å²) in [6, 6.07) is 19.1. The summed E-state index contributed by atoms with van der Waals surface area (Å²) in [6.45, 7) is 2.39. The maximum Gasteiger partial charge on any atom is 0.338 e. The Hall–Kier alpha value is -4.51. The van der Waals surface area contributed by atoms with Gasteiger partial charge in [-0.05, 0) is 61.0 Å². The number of amides is 2. The third-order valence-corrected chi connectivity index (χ3v) is 7.34. The molecule has 1 saturated heterocycles. The van der Waals surface area contributed by atoms with Gasteiger partial charge >= 0.3 is 5.97 Å². The van der Waals surface area contributed by atoms with Gasteiger partial charge in [0, 0.05) is 18.2 Å².